The van der Waals surface area contributed by atoms with Gasteiger partial charge in [0, 0.05) is 6.04 Å². The zero-order chi connectivity index (χ0) is 13.5. The number of fused-ring (bicyclic) bond motifs is 2. The third kappa shape index (κ3) is 2.08. The summed E-state index contributed by atoms with van der Waals surface area (Å²) in [6.45, 7) is 3.84. The molecule has 1 saturated carbocycles. The van der Waals surface area contributed by atoms with Crippen molar-refractivity contribution in [2.24, 2.45) is 11.8 Å². The first-order valence-corrected chi connectivity index (χ1v) is 7.97. The highest BCUT2D eigenvalue weighted by Gasteiger charge is 2.32. The van der Waals surface area contributed by atoms with Gasteiger partial charge in [-0.05, 0) is 60.9 Å². The van der Waals surface area contributed by atoms with Crippen molar-refractivity contribution in [3.05, 3.63) is 23.3 Å². The molecule has 1 N–H and O–H groups in total. The third-order valence-electron chi connectivity index (χ3n) is 5.26. The lowest BCUT2D eigenvalue weighted by atomic mass is 9.75. The summed E-state index contributed by atoms with van der Waals surface area (Å²) in [5, 5.41) is 3.75. The summed E-state index contributed by atoms with van der Waals surface area (Å²) in [5.41, 5.74) is 2.91. The van der Waals surface area contributed by atoms with E-state index in [1.165, 1.54) is 36.8 Å². The van der Waals surface area contributed by atoms with E-state index in [-0.39, 0.29) is 0 Å². The highest BCUT2D eigenvalue weighted by Crippen LogP contribution is 2.43. The molecule has 0 amide bonds. The Labute approximate surface area is 120 Å². The molecule has 3 aliphatic rings. The Morgan fingerprint density at radius 1 is 1.05 bits per heavy atom. The highest BCUT2D eigenvalue weighted by molar-refractivity contribution is 5.50. The minimum atomic E-state index is 0.372. The summed E-state index contributed by atoms with van der Waals surface area (Å²) in [4.78, 5) is 0. The maximum atomic E-state index is 5.57. The number of hydrogen-bond acceptors (Lipinski definition) is 3. The van der Waals surface area contributed by atoms with E-state index < -0.39 is 0 Å². The minimum Gasteiger partial charge on any atom is -0.454 e. The molecular weight excluding hydrogens is 250 g/mol. The van der Waals surface area contributed by atoms with Crippen LogP contribution in [0.25, 0.3) is 0 Å². The standard InChI is InChI=1S/C17H23NO2/c1-11-2-4-12(5-3-11)17-14-9-16-15(19-10-20-16)8-13(14)6-7-18-17/h8-9,11-12,17-18H,2-7,10H2,1H3. The smallest absolute Gasteiger partial charge is 0.231 e. The van der Waals surface area contributed by atoms with Gasteiger partial charge in [-0.25, -0.2) is 0 Å². The predicted octanol–water partition coefficient (Wildman–Crippen LogP) is 3.43. The highest BCUT2D eigenvalue weighted by atomic mass is 16.7. The topological polar surface area (TPSA) is 30.5 Å². The summed E-state index contributed by atoms with van der Waals surface area (Å²) < 4.78 is 11.1. The van der Waals surface area contributed by atoms with Crippen LogP contribution >= 0.6 is 0 Å². The van der Waals surface area contributed by atoms with Crippen LogP contribution in [0.4, 0.5) is 0 Å². The molecule has 1 fully saturated rings. The van der Waals surface area contributed by atoms with Crippen LogP contribution < -0.4 is 14.8 Å². The van der Waals surface area contributed by atoms with Crippen LogP contribution in [0.5, 0.6) is 11.5 Å². The average Bonchev–Trinajstić information content (AvgIpc) is 2.92. The Morgan fingerprint density at radius 2 is 1.80 bits per heavy atom. The Kier molecular flexibility index (Phi) is 3.10. The van der Waals surface area contributed by atoms with Crippen molar-refractivity contribution in [1.29, 1.82) is 0 Å². The zero-order valence-electron chi connectivity index (χ0n) is 12.2. The summed E-state index contributed by atoms with van der Waals surface area (Å²) >= 11 is 0. The monoisotopic (exact) mass is 273 g/mol. The van der Waals surface area contributed by atoms with Crippen molar-refractivity contribution in [3.63, 3.8) is 0 Å². The molecule has 0 bridgehead atoms. The molecule has 3 heteroatoms. The van der Waals surface area contributed by atoms with Crippen LogP contribution in [0.2, 0.25) is 0 Å². The molecule has 1 unspecified atom stereocenters. The van der Waals surface area contributed by atoms with Gasteiger partial charge in [0.1, 0.15) is 0 Å². The second-order valence-electron chi connectivity index (χ2n) is 6.61. The van der Waals surface area contributed by atoms with Gasteiger partial charge in [0.15, 0.2) is 11.5 Å². The molecule has 3 nitrogen and oxygen atoms in total. The van der Waals surface area contributed by atoms with Gasteiger partial charge in [0.05, 0.1) is 0 Å². The molecule has 1 atom stereocenters. The number of nitrogens with one attached hydrogen (secondary N) is 1. The Bertz CT molecular complexity index is 506. The van der Waals surface area contributed by atoms with Gasteiger partial charge in [0.2, 0.25) is 6.79 Å². The lowest BCUT2D eigenvalue weighted by Gasteiger charge is -2.37. The van der Waals surface area contributed by atoms with Gasteiger partial charge in [-0.2, -0.15) is 0 Å². The molecule has 0 aromatic heterocycles. The van der Waals surface area contributed by atoms with Gasteiger partial charge in [-0.3, -0.25) is 0 Å². The molecule has 2 heterocycles. The quantitative estimate of drug-likeness (QED) is 0.850. The fourth-order valence-electron chi connectivity index (χ4n) is 4.02. The van der Waals surface area contributed by atoms with Gasteiger partial charge >= 0.3 is 0 Å². The normalized spacial score (nSPS) is 31.9. The molecule has 2 aliphatic heterocycles. The molecule has 1 aromatic carbocycles. The number of ether oxygens (including phenoxy) is 2. The van der Waals surface area contributed by atoms with Gasteiger partial charge in [-0.1, -0.05) is 19.8 Å². The molecule has 108 valence electrons. The van der Waals surface area contributed by atoms with Crippen LogP contribution in [0.3, 0.4) is 0 Å². The van der Waals surface area contributed by atoms with E-state index in [1.807, 2.05) is 0 Å². The van der Waals surface area contributed by atoms with E-state index in [9.17, 15) is 0 Å². The number of benzene rings is 1. The van der Waals surface area contributed by atoms with Crippen molar-refractivity contribution in [2.45, 2.75) is 45.1 Å². The van der Waals surface area contributed by atoms with Crippen molar-refractivity contribution in [1.82, 2.24) is 5.32 Å². The molecule has 0 saturated heterocycles. The molecule has 1 aromatic rings. The lowest BCUT2D eigenvalue weighted by molar-refractivity contribution is 0.174. The van der Waals surface area contributed by atoms with E-state index in [4.69, 9.17) is 9.47 Å². The van der Waals surface area contributed by atoms with E-state index in [2.05, 4.69) is 24.4 Å². The summed E-state index contributed by atoms with van der Waals surface area (Å²) in [7, 11) is 0. The Morgan fingerprint density at radius 3 is 2.60 bits per heavy atom. The van der Waals surface area contributed by atoms with Crippen LogP contribution in [-0.4, -0.2) is 13.3 Å². The Balaban J connectivity index is 1.64. The van der Waals surface area contributed by atoms with Crippen molar-refractivity contribution < 1.29 is 9.47 Å². The number of hydrogen-bond donors (Lipinski definition) is 1. The second-order valence-corrected chi connectivity index (χ2v) is 6.61. The van der Waals surface area contributed by atoms with Crippen molar-refractivity contribution in [2.75, 3.05) is 13.3 Å². The fraction of sp³-hybridized carbons (Fsp3) is 0.647. The molecular formula is C17H23NO2. The molecule has 20 heavy (non-hydrogen) atoms. The van der Waals surface area contributed by atoms with Crippen LogP contribution in [0, 0.1) is 11.8 Å². The van der Waals surface area contributed by atoms with Gasteiger partial charge in [-0.15, -0.1) is 0 Å². The predicted molar refractivity (Wildman–Crippen MR) is 78.1 cm³/mol. The summed E-state index contributed by atoms with van der Waals surface area (Å²) in [6.07, 6.45) is 6.57. The SMILES string of the molecule is CC1CCC(C2NCCc3cc4c(cc32)OCO4)CC1. The maximum absolute atomic E-state index is 5.57. The van der Waals surface area contributed by atoms with Crippen molar-refractivity contribution >= 4 is 0 Å². The third-order valence-corrected chi connectivity index (χ3v) is 5.26. The fourth-order valence-corrected chi connectivity index (χ4v) is 4.02. The first-order chi connectivity index (χ1) is 9.81. The first-order valence-electron chi connectivity index (χ1n) is 7.97. The van der Waals surface area contributed by atoms with E-state index in [0.29, 0.717) is 12.8 Å². The van der Waals surface area contributed by atoms with Gasteiger partial charge in [0.25, 0.3) is 0 Å². The first kappa shape index (κ1) is 12.5. The summed E-state index contributed by atoms with van der Waals surface area (Å²) in [5.74, 6) is 3.56. The van der Waals surface area contributed by atoms with Crippen LogP contribution in [0.15, 0.2) is 12.1 Å². The van der Waals surface area contributed by atoms with E-state index in [1.54, 1.807) is 0 Å². The average molecular weight is 273 g/mol. The van der Waals surface area contributed by atoms with E-state index >= 15 is 0 Å². The zero-order valence-corrected chi connectivity index (χ0v) is 12.2. The molecule has 0 radical (unpaired) electrons. The summed E-state index contributed by atoms with van der Waals surface area (Å²) in [6, 6.07) is 4.95. The maximum Gasteiger partial charge on any atom is 0.231 e. The van der Waals surface area contributed by atoms with Crippen LogP contribution in [0.1, 0.15) is 49.8 Å². The molecule has 1 aliphatic carbocycles. The van der Waals surface area contributed by atoms with Crippen LogP contribution in [-0.2, 0) is 6.42 Å². The second kappa shape index (κ2) is 4.96. The number of rotatable bonds is 1. The lowest BCUT2D eigenvalue weighted by Crippen LogP contribution is -2.36. The van der Waals surface area contributed by atoms with E-state index in [0.717, 1.165) is 36.3 Å². The molecule has 0 spiro atoms. The van der Waals surface area contributed by atoms with Gasteiger partial charge < -0.3 is 14.8 Å². The minimum absolute atomic E-state index is 0.372. The van der Waals surface area contributed by atoms with Crippen molar-refractivity contribution in [3.8, 4) is 11.5 Å². The largest absolute Gasteiger partial charge is 0.454 e. The molecule has 4 rings (SSSR count). The Hall–Kier alpha value is -1.22.